The van der Waals surface area contributed by atoms with Crippen molar-refractivity contribution in [2.75, 3.05) is 29.1 Å². The molecule has 3 N–H and O–H groups in total. The molecule has 2 fully saturated rings. The first kappa shape index (κ1) is 29.7. The van der Waals surface area contributed by atoms with Gasteiger partial charge < -0.3 is 19.9 Å². The number of amides is 2. The van der Waals surface area contributed by atoms with E-state index in [0.29, 0.717) is 29.5 Å². The number of fused-ring (bicyclic) bond motifs is 1. The van der Waals surface area contributed by atoms with Crippen molar-refractivity contribution in [2.24, 2.45) is 7.05 Å². The summed E-state index contributed by atoms with van der Waals surface area (Å²) in [5.74, 6) is -1.90. The average molecular weight is 647 g/mol. The largest absolute Gasteiger partial charge is 0.477 e. The number of hydrogen-bond donors (Lipinski definition) is 3. The molecule has 3 aliphatic rings. The van der Waals surface area contributed by atoms with Crippen LogP contribution in [0.5, 0.6) is 0 Å². The second-order valence-corrected chi connectivity index (χ2v) is 13.9. The first-order valence-electron chi connectivity index (χ1n) is 12.3. The number of aliphatic carboxylic acids is 1. The molecule has 0 bridgehead atoms. The molecule has 5 heterocycles. The van der Waals surface area contributed by atoms with Gasteiger partial charge in [-0.05, 0) is 35.3 Å². The number of carboxylic acids is 1. The molecule has 3 unspecified atom stereocenters. The molecule has 0 aromatic carbocycles. The third-order valence-corrected chi connectivity index (χ3v) is 10.1. The molecule has 0 spiro atoms. The van der Waals surface area contributed by atoms with Crippen LogP contribution in [0.1, 0.15) is 31.1 Å². The van der Waals surface area contributed by atoms with E-state index in [1.807, 2.05) is 0 Å². The Morgan fingerprint density at radius 2 is 2.17 bits per heavy atom. The van der Waals surface area contributed by atoms with Gasteiger partial charge in [0.2, 0.25) is 15.2 Å². The van der Waals surface area contributed by atoms with Gasteiger partial charge in [-0.25, -0.2) is 22.9 Å². The minimum atomic E-state index is -3.59. The Hall–Kier alpha value is -2.78. The number of carboxylic acid groups (broad SMARTS) is 1. The number of carbonyl (C=O) groups excluding carboxylic acids is 2. The molecule has 2 aromatic rings. The van der Waals surface area contributed by atoms with E-state index in [0.717, 1.165) is 30.4 Å². The topological polar surface area (TPSA) is 208 Å². The second-order valence-electron chi connectivity index (χ2n) is 9.29. The van der Waals surface area contributed by atoms with Gasteiger partial charge in [-0.1, -0.05) is 11.8 Å². The maximum atomic E-state index is 13.5. The predicted octanol–water partition coefficient (Wildman–Crippen LogP) is 0.153. The number of aromatic nitrogens is 5. The molecule has 2 saturated heterocycles. The van der Waals surface area contributed by atoms with E-state index in [-0.39, 0.29) is 22.3 Å². The van der Waals surface area contributed by atoms with Crippen molar-refractivity contribution in [2.45, 2.75) is 48.2 Å². The molecule has 16 nitrogen and oxygen atoms in total. The summed E-state index contributed by atoms with van der Waals surface area (Å²) in [6, 6.07) is -0.996. The number of aryl methyl sites for hydroxylation is 1. The number of β-lactam (4-membered cyclic amide) rings is 1. The quantitative estimate of drug-likeness (QED) is 0.219. The normalized spacial score (nSPS) is 23.5. The molecule has 222 valence electrons. The zero-order chi connectivity index (χ0) is 29.3. The zero-order valence-corrected chi connectivity index (χ0v) is 25.0. The van der Waals surface area contributed by atoms with Crippen LogP contribution in [0.4, 0.5) is 5.13 Å². The van der Waals surface area contributed by atoms with Gasteiger partial charge in [-0.3, -0.25) is 19.2 Å². The van der Waals surface area contributed by atoms with Gasteiger partial charge in [0.15, 0.2) is 17.5 Å². The number of anilines is 1. The summed E-state index contributed by atoms with van der Waals surface area (Å²) in [5.41, 5.74) is 0.566. The molecule has 4 atom stereocenters. The van der Waals surface area contributed by atoms with Gasteiger partial charge in [0.25, 0.3) is 11.8 Å². The van der Waals surface area contributed by atoms with Crippen molar-refractivity contribution in [1.82, 2.24) is 35.4 Å². The van der Waals surface area contributed by atoms with Crippen molar-refractivity contribution >= 4 is 67.8 Å². The van der Waals surface area contributed by atoms with Crippen molar-refractivity contribution in [3.05, 3.63) is 22.3 Å². The number of thioether (sulfide) groups is 2. The van der Waals surface area contributed by atoms with Crippen LogP contribution in [0.2, 0.25) is 0 Å². The fourth-order valence-corrected chi connectivity index (χ4v) is 8.28. The Balaban J connectivity index is 1.31. The maximum absolute atomic E-state index is 13.5. The van der Waals surface area contributed by atoms with Crippen LogP contribution in [-0.4, -0.2) is 103 Å². The predicted molar refractivity (Wildman–Crippen MR) is 147 cm³/mol. The summed E-state index contributed by atoms with van der Waals surface area (Å²) in [7, 11) is -1.93. The summed E-state index contributed by atoms with van der Waals surface area (Å²) in [6.07, 6.45) is 1.25. The fourth-order valence-electron chi connectivity index (χ4n) is 4.37. The highest BCUT2D eigenvalue weighted by Crippen LogP contribution is 2.42. The Morgan fingerprint density at radius 3 is 2.83 bits per heavy atom. The van der Waals surface area contributed by atoms with Crippen LogP contribution >= 0.6 is 34.9 Å². The van der Waals surface area contributed by atoms with Crippen LogP contribution < -0.4 is 10.0 Å². The van der Waals surface area contributed by atoms with E-state index in [1.165, 1.54) is 38.5 Å². The van der Waals surface area contributed by atoms with Crippen molar-refractivity contribution < 1.29 is 37.4 Å². The van der Waals surface area contributed by atoms with Crippen LogP contribution in [0.3, 0.4) is 0 Å². The number of tetrazole rings is 1. The van der Waals surface area contributed by atoms with E-state index in [2.05, 4.69) is 30.5 Å². The number of rotatable bonds is 11. The highest BCUT2D eigenvalue weighted by molar-refractivity contribution is 8.01. The third kappa shape index (κ3) is 6.67. The molecule has 0 saturated carbocycles. The number of hydrogen-bond acceptors (Lipinski definition) is 14. The molecular weight excluding hydrogens is 621 g/mol. The molecule has 0 aliphatic carbocycles. The molecule has 3 aliphatic heterocycles. The smallest absolute Gasteiger partial charge is 0.352 e. The molecule has 41 heavy (non-hydrogen) atoms. The number of nitrogens with one attached hydrogen (secondary N) is 2. The van der Waals surface area contributed by atoms with E-state index >= 15 is 0 Å². The van der Waals surface area contributed by atoms with Crippen LogP contribution in [0.25, 0.3) is 0 Å². The molecule has 0 radical (unpaired) electrons. The molecule has 5 rings (SSSR count). The highest BCUT2D eigenvalue weighted by Gasteiger charge is 2.54. The average Bonchev–Trinajstić information content (AvgIpc) is 3.56. The minimum Gasteiger partial charge on any atom is -0.477 e. The number of sulfonamides is 1. The fraction of sp³-hybridized carbons (Fsp3) is 0.571. The Bertz CT molecular complexity index is 1470. The Morgan fingerprint density at radius 1 is 1.37 bits per heavy atom. The number of ether oxygens (including phenoxy) is 2. The monoisotopic (exact) mass is 646 g/mol. The van der Waals surface area contributed by atoms with E-state index in [4.69, 9.17) is 9.47 Å². The molecular formula is C21H26N8O8S4. The van der Waals surface area contributed by atoms with Gasteiger partial charge in [-0.2, -0.15) is 0 Å². The van der Waals surface area contributed by atoms with Gasteiger partial charge >= 0.3 is 5.97 Å². The second kappa shape index (κ2) is 12.2. The van der Waals surface area contributed by atoms with Gasteiger partial charge in [0.05, 0.1) is 11.9 Å². The van der Waals surface area contributed by atoms with E-state index in [1.54, 1.807) is 7.05 Å². The minimum absolute atomic E-state index is 0.0564. The summed E-state index contributed by atoms with van der Waals surface area (Å²) in [4.78, 5) is 44.2. The maximum Gasteiger partial charge on any atom is 0.352 e. The summed E-state index contributed by atoms with van der Waals surface area (Å²) in [5, 5.41) is 25.2. The van der Waals surface area contributed by atoms with Gasteiger partial charge in [0, 0.05) is 30.5 Å². The number of thiazole rings is 1. The molecule has 20 heteroatoms. The Kier molecular flexibility index (Phi) is 8.85. The van der Waals surface area contributed by atoms with Crippen molar-refractivity contribution in [3.63, 3.8) is 0 Å². The van der Waals surface area contributed by atoms with Crippen molar-refractivity contribution in [1.29, 1.82) is 0 Å². The first-order chi connectivity index (χ1) is 19.5. The molecule has 2 amide bonds. The van der Waals surface area contributed by atoms with E-state index < -0.39 is 51.6 Å². The van der Waals surface area contributed by atoms with Gasteiger partial charge in [0.1, 0.15) is 17.1 Å². The number of carbonyl (C=O) groups is 3. The summed E-state index contributed by atoms with van der Waals surface area (Å²) < 4.78 is 38.6. The lowest BCUT2D eigenvalue weighted by atomic mass is 10.0. The summed E-state index contributed by atoms with van der Waals surface area (Å²) in [6.45, 7) is 0.462. The number of nitrogens with zero attached hydrogens (tertiary/aromatic N) is 6. The van der Waals surface area contributed by atoms with Crippen LogP contribution in [0.15, 0.2) is 21.8 Å². The van der Waals surface area contributed by atoms with Gasteiger partial charge in [-0.15, -0.1) is 28.2 Å². The van der Waals surface area contributed by atoms with Crippen LogP contribution in [-0.2, 0) is 40.9 Å². The van der Waals surface area contributed by atoms with E-state index in [9.17, 15) is 27.9 Å². The van der Waals surface area contributed by atoms with Crippen molar-refractivity contribution in [3.8, 4) is 0 Å². The lowest BCUT2D eigenvalue weighted by Crippen LogP contribution is -2.71. The lowest BCUT2D eigenvalue weighted by Gasteiger charge is -2.49. The Labute approximate surface area is 246 Å². The SMILES string of the molecule is Cn1nnnc1SCC1=C(C(=O)O)N2C(=O)C(NC(=O)C(OC3CCCCO3)c3csc(NS(C)(=O)=O)n3)[C@@H]2SC1. The van der Waals surface area contributed by atoms with Crippen LogP contribution in [0, 0.1) is 0 Å². The first-order valence-corrected chi connectivity index (χ1v) is 17.1. The third-order valence-electron chi connectivity index (χ3n) is 6.23. The zero-order valence-electron chi connectivity index (χ0n) is 21.8. The highest BCUT2D eigenvalue weighted by atomic mass is 32.2. The lowest BCUT2D eigenvalue weighted by molar-refractivity contribution is -0.195. The summed E-state index contributed by atoms with van der Waals surface area (Å²) >= 11 is 3.57. The molecule has 2 aromatic heterocycles. The standard InChI is InChI=1S/C21H26N8O8S4/c1-28-21(24-26-27-28)40-8-10-7-38-18-13(17(31)29(18)14(10)19(32)33)23-16(30)15(37-12-5-3-4-6-36-12)11-9-39-20(22-11)25-41(2,34)35/h9,12-13,15,18H,3-8H2,1-2H3,(H,22,25)(H,23,30)(H,32,33)/t12?,13?,15?,18-/m0/s1.